The summed E-state index contributed by atoms with van der Waals surface area (Å²) in [6, 6.07) is 5.57. The SMILES string of the molecule is CC(=O)N(CC1COC1)CC1(C)CCc2ccc(C(=O)NO)cc2C1. The zero-order valence-electron chi connectivity index (χ0n) is 14.9. The first-order valence-electron chi connectivity index (χ1n) is 8.80. The van der Waals surface area contributed by atoms with Gasteiger partial charge >= 0.3 is 0 Å². The second-order valence-corrected chi connectivity index (χ2v) is 7.71. The van der Waals surface area contributed by atoms with Crippen LogP contribution in [0, 0.1) is 11.3 Å². The van der Waals surface area contributed by atoms with Crippen molar-refractivity contribution >= 4 is 11.8 Å². The van der Waals surface area contributed by atoms with Crippen LogP contribution in [0.2, 0.25) is 0 Å². The van der Waals surface area contributed by atoms with Crippen molar-refractivity contribution in [1.82, 2.24) is 10.4 Å². The van der Waals surface area contributed by atoms with E-state index in [0.29, 0.717) is 18.0 Å². The molecule has 2 N–H and O–H groups in total. The van der Waals surface area contributed by atoms with E-state index in [1.54, 1.807) is 18.5 Å². The van der Waals surface area contributed by atoms with Gasteiger partial charge in [-0.3, -0.25) is 14.8 Å². The molecule has 6 heteroatoms. The fourth-order valence-electron chi connectivity index (χ4n) is 3.83. The topological polar surface area (TPSA) is 78.9 Å². The molecule has 1 aliphatic heterocycles. The van der Waals surface area contributed by atoms with Crippen LogP contribution in [0.3, 0.4) is 0 Å². The quantitative estimate of drug-likeness (QED) is 0.629. The number of nitrogens with zero attached hydrogens (tertiary/aromatic N) is 1. The summed E-state index contributed by atoms with van der Waals surface area (Å²) in [5.74, 6) is 0.0565. The van der Waals surface area contributed by atoms with Gasteiger partial charge in [-0.1, -0.05) is 13.0 Å². The maximum Gasteiger partial charge on any atom is 0.274 e. The molecule has 1 aliphatic carbocycles. The third-order valence-corrected chi connectivity index (χ3v) is 5.39. The number of hydroxylamine groups is 1. The minimum atomic E-state index is -0.495. The van der Waals surface area contributed by atoms with E-state index in [9.17, 15) is 9.59 Å². The summed E-state index contributed by atoms with van der Waals surface area (Å²) in [5.41, 5.74) is 4.50. The monoisotopic (exact) mass is 346 g/mol. The highest BCUT2D eigenvalue weighted by Gasteiger charge is 2.34. The molecule has 2 amide bonds. The van der Waals surface area contributed by atoms with Crippen molar-refractivity contribution in [3.05, 3.63) is 34.9 Å². The van der Waals surface area contributed by atoms with Gasteiger partial charge in [0.2, 0.25) is 5.91 Å². The number of benzene rings is 1. The Morgan fingerprint density at radius 1 is 1.36 bits per heavy atom. The molecule has 1 aromatic rings. The second-order valence-electron chi connectivity index (χ2n) is 7.71. The molecule has 1 atom stereocenters. The first-order valence-corrected chi connectivity index (χ1v) is 8.80. The molecule has 1 unspecified atom stereocenters. The fourth-order valence-corrected chi connectivity index (χ4v) is 3.83. The minimum absolute atomic E-state index is 0.0163. The minimum Gasteiger partial charge on any atom is -0.381 e. The van der Waals surface area contributed by atoms with Crippen molar-refractivity contribution in [2.75, 3.05) is 26.3 Å². The lowest BCUT2D eigenvalue weighted by atomic mass is 9.72. The number of aryl methyl sites for hydroxylation is 1. The Morgan fingerprint density at radius 3 is 2.72 bits per heavy atom. The van der Waals surface area contributed by atoms with Crippen molar-refractivity contribution in [3.63, 3.8) is 0 Å². The molecule has 25 heavy (non-hydrogen) atoms. The van der Waals surface area contributed by atoms with E-state index in [1.165, 1.54) is 5.56 Å². The summed E-state index contributed by atoms with van der Waals surface area (Å²) < 4.78 is 5.23. The number of hydrogen-bond donors (Lipinski definition) is 2. The molecule has 0 radical (unpaired) electrons. The lowest BCUT2D eigenvalue weighted by Gasteiger charge is -2.41. The molecule has 1 aromatic carbocycles. The van der Waals surface area contributed by atoms with Gasteiger partial charge in [-0.15, -0.1) is 0 Å². The van der Waals surface area contributed by atoms with E-state index in [1.807, 2.05) is 17.0 Å². The van der Waals surface area contributed by atoms with Crippen LogP contribution >= 0.6 is 0 Å². The maximum absolute atomic E-state index is 12.1. The van der Waals surface area contributed by atoms with Crippen LogP contribution in [0.25, 0.3) is 0 Å². The van der Waals surface area contributed by atoms with E-state index in [4.69, 9.17) is 9.94 Å². The zero-order valence-corrected chi connectivity index (χ0v) is 14.9. The molecule has 1 saturated heterocycles. The first-order chi connectivity index (χ1) is 11.9. The second kappa shape index (κ2) is 7.14. The zero-order chi connectivity index (χ0) is 18.0. The third-order valence-electron chi connectivity index (χ3n) is 5.39. The fraction of sp³-hybridized carbons (Fsp3) is 0.579. The van der Waals surface area contributed by atoms with E-state index < -0.39 is 5.91 Å². The van der Waals surface area contributed by atoms with Crippen LogP contribution in [0.15, 0.2) is 18.2 Å². The number of carbonyl (C=O) groups excluding carboxylic acids is 2. The summed E-state index contributed by atoms with van der Waals surface area (Å²) in [6.45, 7) is 6.79. The normalized spacial score (nSPS) is 22.7. The number of nitrogens with one attached hydrogen (secondary N) is 1. The number of fused-ring (bicyclic) bond motifs is 1. The van der Waals surface area contributed by atoms with Crippen LogP contribution in [0.4, 0.5) is 0 Å². The first kappa shape index (κ1) is 17.9. The smallest absolute Gasteiger partial charge is 0.274 e. The highest BCUT2D eigenvalue weighted by atomic mass is 16.5. The van der Waals surface area contributed by atoms with Gasteiger partial charge in [-0.05, 0) is 47.9 Å². The molecule has 0 bridgehead atoms. The van der Waals surface area contributed by atoms with Crippen molar-refractivity contribution in [1.29, 1.82) is 0 Å². The van der Waals surface area contributed by atoms with Crippen molar-refractivity contribution < 1.29 is 19.5 Å². The third kappa shape index (κ3) is 4.02. The predicted octanol–water partition coefficient (Wildman–Crippen LogP) is 1.80. The molecule has 6 nitrogen and oxygen atoms in total. The Labute approximate surface area is 148 Å². The van der Waals surface area contributed by atoms with E-state index in [-0.39, 0.29) is 11.3 Å². The molecule has 0 saturated carbocycles. The molecule has 1 heterocycles. The summed E-state index contributed by atoms with van der Waals surface area (Å²) >= 11 is 0. The lowest BCUT2D eigenvalue weighted by Crippen LogP contribution is -2.47. The van der Waals surface area contributed by atoms with Gasteiger partial charge in [-0.2, -0.15) is 0 Å². The highest BCUT2D eigenvalue weighted by molar-refractivity contribution is 5.93. The number of hydrogen-bond acceptors (Lipinski definition) is 4. The Kier molecular flexibility index (Phi) is 5.11. The number of amides is 2. The molecular weight excluding hydrogens is 320 g/mol. The Bertz CT molecular complexity index is 671. The molecule has 1 fully saturated rings. The molecule has 0 aromatic heterocycles. The van der Waals surface area contributed by atoms with Crippen molar-refractivity contribution in [2.24, 2.45) is 11.3 Å². The standard InChI is InChI=1S/C19H26N2O4/c1-13(22)21(9-14-10-25-11-14)12-19(2)6-5-15-3-4-16(18(23)20-24)7-17(15)8-19/h3-4,7,14,24H,5-6,8-12H2,1-2H3,(H,20,23). The summed E-state index contributed by atoms with van der Waals surface area (Å²) in [5, 5.41) is 8.83. The average Bonchev–Trinajstić information content (AvgIpc) is 2.55. The van der Waals surface area contributed by atoms with Crippen molar-refractivity contribution in [2.45, 2.75) is 33.1 Å². The summed E-state index contributed by atoms with van der Waals surface area (Å²) in [4.78, 5) is 25.7. The predicted molar refractivity (Wildman–Crippen MR) is 92.4 cm³/mol. The van der Waals surface area contributed by atoms with Crippen LogP contribution in [0.1, 0.15) is 41.8 Å². The number of carbonyl (C=O) groups is 2. The van der Waals surface area contributed by atoms with Gasteiger partial charge in [-0.25, -0.2) is 5.48 Å². The highest BCUT2D eigenvalue weighted by Crippen LogP contribution is 2.36. The van der Waals surface area contributed by atoms with E-state index in [0.717, 1.165) is 44.6 Å². The summed E-state index contributed by atoms with van der Waals surface area (Å²) in [7, 11) is 0. The molecule has 2 aliphatic rings. The molecular formula is C19H26N2O4. The van der Waals surface area contributed by atoms with Gasteiger partial charge in [0.1, 0.15) is 0 Å². The van der Waals surface area contributed by atoms with Crippen LogP contribution in [0.5, 0.6) is 0 Å². The number of ether oxygens (including phenoxy) is 1. The lowest BCUT2D eigenvalue weighted by molar-refractivity contribution is -0.134. The van der Waals surface area contributed by atoms with E-state index in [2.05, 4.69) is 6.92 Å². The van der Waals surface area contributed by atoms with Gasteiger partial charge in [0, 0.05) is 31.5 Å². The van der Waals surface area contributed by atoms with Gasteiger partial charge in [0.05, 0.1) is 13.2 Å². The van der Waals surface area contributed by atoms with Crippen molar-refractivity contribution in [3.8, 4) is 0 Å². The van der Waals surface area contributed by atoms with Gasteiger partial charge in [0.25, 0.3) is 5.91 Å². The van der Waals surface area contributed by atoms with E-state index >= 15 is 0 Å². The number of rotatable bonds is 5. The largest absolute Gasteiger partial charge is 0.381 e. The molecule has 3 rings (SSSR count). The van der Waals surface area contributed by atoms with Crippen LogP contribution in [-0.4, -0.2) is 48.2 Å². The average molecular weight is 346 g/mol. The maximum atomic E-state index is 12.1. The van der Waals surface area contributed by atoms with Crippen LogP contribution < -0.4 is 5.48 Å². The van der Waals surface area contributed by atoms with Gasteiger partial charge < -0.3 is 9.64 Å². The molecule has 0 spiro atoms. The van der Waals surface area contributed by atoms with Crippen LogP contribution in [-0.2, 0) is 22.4 Å². The Hall–Kier alpha value is -1.92. The van der Waals surface area contributed by atoms with Gasteiger partial charge in [0.15, 0.2) is 0 Å². The Morgan fingerprint density at radius 2 is 2.12 bits per heavy atom. The summed E-state index contributed by atoms with van der Waals surface area (Å²) in [6.07, 6.45) is 2.77. The molecule has 136 valence electrons. The Balaban J connectivity index is 1.74.